The summed E-state index contributed by atoms with van der Waals surface area (Å²) in [6, 6.07) is 0. The summed E-state index contributed by atoms with van der Waals surface area (Å²) in [5, 5.41) is 0. The number of nitrogens with zero attached hydrogens (tertiary/aromatic N) is 2. The molecule has 3 rings (SSSR count). The van der Waals surface area contributed by atoms with Crippen LogP contribution in [0, 0.1) is 19.3 Å². The van der Waals surface area contributed by atoms with Crippen LogP contribution in [0.15, 0.2) is 11.0 Å². The van der Waals surface area contributed by atoms with Crippen molar-refractivity contribution in [2.45, 2.75) is 46.6 Å². The van der Waals surface area contributed by atoms with Crippen molar-refractivity contribution in [3.63, 3.8) is 0 Å². The zero-order valence-electron chi connectivity index (χ0n) is 14.4. The summed E-state index contributed by atoms with van der Waals surface area (Å²) < 4.78 is 0. The Bertz CT molecular complexity index is 661. The van der Waals surface area contributed by atoms with Crippen molar-refractivity contribution in [2.24, 2.45) is 5.41 Å². The fourth-order valence-electron chi connectivity index (χ4n) is 3.31. The van der Waals surface area contributed by atoms with E-state index in [0.29, 0.717) is 5.91 Å². The molecule has 0 aromatic carbocycles. The van der Waals surface area contributed by atoms with Crippen LogP contribution in [0.5, 0.6) is 0 Å². The molecule has 2 heterocycles. The van der Waals surface area contributed by atoms with E-state index in [1.807, 2.05) is 18.7 Å². The molecule has 0 unspecified atom stereocenters. The van der Waals surface area contributed by atoms with E-state index in [4.69, 9.17) is 0 Å². The quantitative estimate of drug-likeness (QED) is 0.925. The van der Waals surface area contributed by atoms with E-state index in [2.05, 4.69) is 16.8 Å². The van der Waals surface area contributed by atoms with E-state index in [1.54, 1.807) is 6.20 Å². The first-order chi connectivity index (χ1) is 10.9. The first-order valence-corrected chi connectivity index (χ1v) is 8.60. The first-order valence-electron chi connectivity index (χ1n) is 8.60. The Kier molecular flexibility index (Phi) is 4.32. The van der Waals surface area contributed by atoms with E-state index in [-0.39, 0.29) is 10.8 Å². The van der Waals surface area contributed by atoms with Crippen LogP contribution < -0.4 is 5.43 Å². The molecule has 0 bridgehead atoms. The number of aromatic nitrogens is 1. The van der Waals surface area contributed by atoms with Gasteiger partial charge in [-0.1, -0.05) is 6.92 Å². The molecule has 1 aromatic rings. The standard InChI is InChI=1S/C18H27N3O2/c1-13-11-19-15(14(2)16(13)22)12-20-7-4-8-21(10-9-20)17(23)18(3)5-6-18/h11H,4-10,12H2,1-3H3,(H,19,22). The Morgan fingerprint density at radius 1 is 1.22 bits per heavy atom. The highest BCUT2D eigenvalue weighted by atomic mass is 16.2. The summed E-state index contributed by atoms with van der Waals surface area (Å²) in [6.07, 6.45) is 4.87. The molecule has 1 amide bonds. The topological polar surface area (TPSA) is 56.4 Å². The minimum atomic E-state index is -0.0754. The molecule has 0 atom stereocenters. The number of pyridine rings is 1. The fraction of sp³-hybridized carbons (Fsp3) is 0.667. The van der Waals surface area contributed by atoms with Gasteiger partial charge < -0.3 is 9.88 Å². The van der Waals surface area contributed by atoms with Crippen molar-refractivity contribution < 1.29 is 4.79 Å². The smallest absolute Gasteiger partial charge is 0.228 e. The number of aryl methyl sites for hydroxylation is 1. The van der Waals surface area contributed by atoms with E-state index in [1.165, 1.54) is 0 Å². The highest BCUT2D eigenvalue weighted by Crippen LogP contribution is 2.46. The van der Waals surface area contributed by atoms with Gasteiger partial charge in [-0.2, -0.15) is 0 Å². The summed E-state index contributed by atoms with van der Waals surface area (Å²) in [5.74, 6) is 0.333. The highest BCUT2D eigenvalue weighted by Gasteiger charge is 2.47. The monoisotopic (exact) mass is 317 g/mol. The Hall–Kier alpha value is -1.62. The molecule has 1 aliphatic heterocycles. The SMILES string of the molecule is Cc1c[nH]c(CN2CCCN(C(=O)C3(C)CC3)CC2)c(C)c1=O. The zero-order chi connectivity index (χ0) is 16.6. The van der Waals surface area contributed by atoms with Crippen LogP contribution in [0.1, 0.15) is 43.0 Å². The minimum Gasteiger partial charge on any atom is -0.363 e. The van der Waals surface area contributed by atoms with Gasteiger partial charge in [0.2, 0.25) is 5.91 Å². The third-order valence-electron chi connectivity index (χ3n) is 5.39. The van der Waals surface area contributed by atoms with Crippen molar-refractivity contribution in [1.82, 2.24) is 14.8 Å². The number of carbonyl (C=O) groups is 1. The van der Waals surface area contributed by atoms with Crippen LogP contribution in [0.4, 0.5) is 0 Å². The van der Waals surface area contributed by atoms with Crippen LogP contribution in [-0.4, -0.2) is 46.9 Å². The molecule has 1 N–H and O–H groups in total. The van der Waals surface area contributed by atoms with Crippen molar-refractivity contribution in [3.05, 3.63) is 33.2 Å². The maximum Gasteiger partial charge on any atom is 0.228 e. The molecule has 5 heteroatoms. The van der Waals surface area contributed by atoms with Gasteiger partial charge in [-0.15, -0.1) is 0 Å². The van der Waals surface area contributed by atoms with Gasteiger partial charge >= 0.3 is 0 Å². The lowest BCUT2D eigenvalue weighted by Crippen LogP contribution is -2.39. The van der Waals surface area contributed by atoms with Crippen LogP contribution in [0.3, 0.4) is 0 Å². The van der Waals surface area contributed by atoms with Gasteiger partial charge in [-0.05, 0) is 33.1 Å². The van der Waals surface area contributed by atoms with E-state index in [9.17, 15) is 9.59 Å². The fourth-order valence-corrected chi connectivity index (χ4v) is 3.31. The summed E-state index contributed by atoms with van der Waals surface area (Å²) in [6.45, 7) is 10.1. The van der Waals surface area contributed by atoms with Crippen LogP contribution in [0.2, 0.25) is 0 Å². The van der Waals surface area contributed by atoms with Gasteiger partial charge in [0.25, 0.3) is 0 Å². The lowest BCUT2D eigenvalue weighted by molar-refractivity contribution is -0.136. The lowest BCUT2D eigenvalue weighted by atomic mass is 10.1. The average Bonchev–Trinajstić information content (AvgIpc) is 3.31. The molecular formula is C18H27N3O2. The van der Waals surface area contributed by atoms with Crippen molar-refractivity contribution >= 4 is 5.91 Å². The molecule has 126 valence electrons. The third-order valence-corrected chi connectivity index (χ3v) is 5.39. The number of rotatable bonds is 3. The largest absolute Gasteiger partial charge is 0.363 e. The third kappa shape index (κ3) is 3.34. The average molecular weight is 317 g/mol. The molecule has 1 aromatic heterocycles. The number of nitrogens with one attached hydrogen (secondary N) is 1. The van der Waals surface area contributed by atoms with Crippen molar-refractivity contribution in [3.8, 4) is 0 Å². The zero-order valence-corrected chi connectivity index (χ0v) is 14.4. The number of aromatic amines is 1. The number of hydrogen-bond acceptors (Lipinski definition) is 3. The molecule has 1 saturated carbocycles. The summed E-state index contributed by atoms with van der Waals surface area (Å²) >= 11 is 0. The first kappa shape index (κ1) is 16.2. The molecule has 1 aliphatic carbocycles. The van der Waals surface area contributed by atoms with Gasteiger partial charge in [-0.3, -0.25) is 14.5 Å². The van der Waals surface area contributed by atoms with Gasteiger partial charge in [0.1, 0.15) is 0 Å². The Balaban J connectivity index is 1.64. The Morgan fingerprint density at radius 3 is 2.65 bits per heavy atom. The second kappa shape index (κ2) is 6.11. The number of amides is 1. The van der Waals surface area contributed by atoms with Crippen molar-refractivity contribution in [2.75, 3.05) is 26.2 Å². The Labute approximate surface area is 137 Å². The van der Waals surface area contributed by atoms with E-state index >= 15 is 0 Å². The van der Waals surface area contributed by atoms with Gasteiger partial charge in [0.15, 0.2) is 5.43 Å². The van der Waals surface area contributed by atoms with Gasteiger partial charge in [-0.25, -0.2) is 0 Å². The van der Waals surface area contributed by atoms with E-state index in [0.717, 1.165) is 68.8 Å². The molecule has 0 radical (unpaired) electrons. The Morgan fingerprint density at radius 2 is 1.96 bits per heavy atom. The highest BCUT2D eigenvalue weighted by molar-refractivity contribution is 5.84. The number of carbonyl (C=O) groups excluding carboxylic acids is 1. The summed E-state index contributed by atoms with van der Waals surface area (Å²) in [7, 11) is 0. The van der Waals surface area contributed by atoms with Gasteiger partial charge in [0, 0.05) is 61.2 Å². The molecule has 5 nitrogen and oxygen atoms in total. The maximum absolute atomic E-state index is 12.5. The lowest BCUT2D eigenvalue weighted by Gasteiger charge is -2.24. The molecule has 1 saturated heterocycles. The maximum atomic E-state index is 12.5. The second-order valence-electron chi connectivity index (χ2n) is 7.39. The van der Waals surface area contributed by atoms with E-state index < -0.39 is 0 Å². The minimum absolute atomic E-state index is 0.0754. The molecule has 23 heavy (non-hydrogen) atoms. The number of H-pyrrole nitrogens is 1. The summed E-state index contributed by atoms with van der Waals surface area (Å²) in [4.78, 5) is 32.2. The molecular weight excluding hydrogens is 290 g/mol. The van der Waals surface area contributed by atoms with Crippen LogP contribution >= 0.6 is 0 Å². The molecule has 2 aliphatic rings. The van der Waals surface area contributed by atoms with Crippen molar-refractivity contribution in [1.29, 1.82) is 0 Å². The van der Waals surface area contributed by atoms with Crippen LogP contribution in [0.25, 0.3) is 0 Å². The predicted molar refractivity (Wildman–Crippen MR) is 90.4 cm³/mol. The van der Waals surface area contributed by atoms with Crippen LogP contribution in [-0.2, 0) is 11.3 Å². The predicted octanol–water partition coefficient (Wildman–Crippen LogP) is 1.83. The van der Waals surface area contributed by atoms with Gasteiger partial charge in [0.05, 0.1) is 0 Å². The normalized spacial score (nSPS) is 21.1. The molecule has 2 fully saturated rings. The number of hydrogen-bond donors (Lipinski definition) is 1. The summed E-state index contributed by atoms with van der Waals surface area (Å²) in [5.41, 5.74) is 2.62. The molecule has 0 spiro atoms. The second-order valence-corrected chi connectivity index (χ2v) is 7.39.